The van der Waals surface area contributed by atoms with Gasteiger partial charge in [-0.1, -0.05) is 48.5 Å². The van der Waals surface area contributed by atoms with Gasteiger partial charge in [-0.05, 0) is 36.4 Å². The van der Waals surface area contributed by atoms with E-state index >= 15 is 0 Å². The Morgan fingerprint density at radius 3 is 2.63 bits per heavy atom. The van der Waals surface area contributed by atoms with Crippen molar-refractivity contribution in [1.29, 1.82) is 0 Å². The lowest BCUT2D eigenvalue weighted by molar-refractivity contribution is 0.602. The summed E-state index contributed by atoms with van der Waals surface area (Å²) in [5, 5.41) is 3.90. The SMILES string of the molecule is CCNCc1ccc(Sc2ccccc2F)c(Cl)c1. The van der Waals surface area contributed by atoms with Crippen molar-refractivity contribution >= 4 is 23.4 Å². The fraction of sp³-hybridized carbons (Fsp3) is 0.200. The first kappa shape index (κ1) is 14.4. The Labute approximate surface area is 122 Å². The van der Waals surface area contributed by atoms with E-state index in [1.807, 2.05) is 24.3 Å². The Hall–Kier alpha value is -1.03. The summed E-state index contributed by atoms with van der Waals surface area (Å²) in [7, 11) is 0. The summed E-state index contributed by atoms with van der Waals surface area (Å²) < 4.78 is 13.6. The van der Waals surface area contributed by atoms with Crippen LogP contribution in [-0.4, -0.2) is 6.54 Å². The van der Waals surface area contributed by atoms with Crippen molar-refractivity contribution in [1.82, 2.24) is 5.32 Å². The van der Waals surface area contributed by atoms with Crippen LogP contribution in [0.4, 0.5) is 4.39 Å². The monoisotopic (exact) mass is 295 g/mol. The Morgan fingerprint density at radius 1 is 1.16 bits per heavy atom. The highest BCUT2D eigenvalue weighted by Gasteiger charge is 2.07. The molecule has 0 aliphatic rings. The predicted molar refractivity (Wildman–Crippen MR) is 79.4 cm³/mol. The summed E-state index contributed by atoms with van der Waals surface area (Å²) in [5.74, 6) is -0.222. The summed E-state index contributed by atoms with van der Waals surface area (Å²) in [5.41, 5.74) is 1.13. The fourth-order valence-electron chi connectivity index (χ4n) is 1.65. The highest BCUT2D eigenvalue weighted by Crippen LogP contribution is 2.34. The van der Waals surface area contributed by atoms with Crippen molar-refractivity contribution in [3.63, 3.8) is 0 Å². The number of halogens is 2. The van der Waals surface area contributed by atoms with Gasteiger partial charge in [0.05, 0.1) is 5.02 Å². The molecule has 100 valence electrons. The van der Waals surface area contributed by atoms with Crippen LogP contribution in [0, 0.1) is 5.82 Å². The Bertz CT molecular complexity index is 560. The van der Waals surface area contributed by atoms with E-state index in [0.717, 1.165) is 23.5 Å². The molecular weight excluding hydrogens is 281 g/mol. The van der Waals surface area contributed by atoms with E-state index in [1.165, 1.54) is 17.8 Å². The van der Waals surface area contributed by atoms with Crippen molar-refractivity contribution in [2.45, 2.75) is 23.3 Å². The van der Waals surface area contributed by atoms with Crippen LogP contribution >= 0.6 is 23.4 Å². The number of hydrogen-bond donors (Lipinski definition) is 1. The molecule has 4 heteroatoms. The molecule has 0 bridgehead atoms. The molecule has 0 aliphatic carbocycles. The van der Waals surface area contributed by atoms with Gasteiger partial charge in [-0.25, -0.2) is 4.39 Å². The smallest absolute Gasteiger partial charge is 0.137 e. The largest absolute Gasteiger partial charge is 0.313 e. The van der Waals surface area contributed by atoms with Gasteiger partial charge >= 0.3 is 0 Å². The Morgan fingerprint density at radius 2 is 1.95 bits per heavy atom. The van der Waals surface area contributed by atoms with Gasteiger partial charge in [-0.2, -0.15) is 0 Å². The molecule has 0 amide bonds. The van der Waals surface area contributed by atoms with Crippen LogP contribution in [0.5, 0.6) is 0 Å². The fourth-order valence-corrected chi connectivity index (χ4v) is 2.81. The van der Waals surface area contributed by atoms with Crippen molar-refractivity contribution in [3.8, 4) is 0 Å². The van der Waals surface area contributed by atoms with Crippen LogP contribution < -0.4 is 5.32 Å². The highest BCUT2D eigenvalue weighted by molar-refractivity contribution is 7.99. The van der Waals surface area contributed by atoms with Crippen molar-refractivity contribution in [2.24, 2.45) is 0 Å². The van der Waals surface area contributed by atoms with Crippen LogP contribution in [-0.2, 0) is 6.54 Å². The van der Waals surface area contributed by atoms with Gasteiger partial charge < -0.3 is 5.32 Å². The first-order chi connectivity index (χ1) is 9.20. The average molecular weight is 296 g/mol. The van der Waals surface area contributed by atoms with Crippen molar-refractivity contribution < 1.29 is 4.39 Å². The summed E-state index contributed by atoms with van der Waals surface area (Å²) in [6, 6.07) is 12.6. The van der Waals surface area contributed by atoms with Crippen LogP contribution in [0.1, 0.15) is 12.5 Å². The Balaban J connectivity index is 2.15. The molecule has 2 rings (SSSR count). The summed E-state index contributed by atoms with van der Waals surface area (Å²) in [4.78, 5) is 1.45. The quantitative estimate of drug-likeness (QED) is 0.855. The van der Waals surface area contributed by atoms with Gasteiger partial charge in [-0.3, -0.25) is 0 Å². The molecular formula is C15H15ClFNS. The zero-order valence-electron chi connectivity index (χ0n) is 10.6. The summed E-state index contributed by atoms with van der Waals surface area (Å²) >= 11 is 7.59. The number of nitrogens with one attached hydrogen (secondary N) is 1. The minimum atomic E-state index is -0.222. The third-order valence-electron chi connectivity index (χ3n) is 2.63. The molecule has 0 radical (unpaired) electrons. The lowest BCUT2D eigenvalue weighted by Gasteiger charge is -2.08. The van der Waals surface area contributed by atoms with E-state index < -0.39 is 0 Å². The second-order valence-electron chi connectivity index (χ2n) is 4.08. The number of rotatable bonds is 5. The Kier molecular flexibility index (Phi) is 5.25. The van der Waals surface area contributed by atoms with Crippen LogP contribution in [0.15, 0.2) is 52.3 Å². The maximum absolute atomic E-state index is 13.6. The standard InChI is InChI=1S/C15H15ClFNS/c1-2-18-10-11-7-8-14(12(16)9-11)19-15-6-4-3-5-13(15)17/h3-9,18H,2,10H2,1H3. The lowest BCUT2D eigenvalue weighted by atomic mass is 10.2. The first-order valence-corrected chi connectivity index (χ1v) is 7.31. The van der Waals surface area contributed by atoms with E-state index in [4.69, 9.17) is 11.6 Å². The molecule has 0 atom stereocenters. The van der Waals surface area contributed by atoms with Gasteiger partial charge in [0.15, 0.2) is 0 Å². The van der Waals surface area contributed by atoms with E-state index in [1.54, 1.807) is 12.1 Å². The minimum absolute atomic E-state index is 0.222. The molecule has 2 aromatic rings. The maximum atomic E-state index is 13.6. The number of benzene rings is 2. The normalized spacial score (nSPS) is 10.7. The molecule has 0 aliphatic heterocycles. The lowest BCUT2D eigenvalue weighted by Crippen LogP contribution is -2.11. The molecule has 0 aromatic heterocycles. The zero-order valence-corrected chi connectivity index (χ0v) is 12.2. The second kappa shape index (κ2) is 6.94. The van der Waals surface area contributed by atoms with Crippen molar-refractivity contribution in [2.75, 3.05) is 6.54 Å². The first-order valence-electron chi connectivity index (χ1n) is 6.12. The second-order valence-corrected chi connectivity index (χ2v) is 5.57. The van der Waals surface area contributed by atoms with Gasteiger partial charge in [0, 0.05) is 16.3 Å². The van der Waals surface area contributed by atoms with E-state index in [0.29, 0.717) is 9.92 Å². The third kappa shape index (κ3) is 3.96. The average Bonchev–Trinajstić information content (AvgIpc) is 2.41. The maximum Gasteiger partial charge on any atom is 0.137 e. The van der Waals surface area contributed by atoms with E-state index in [2.05, 4.69) is 12.2 Å². The van der Waals surface area contributed by atoms with E-state index in [-0.39, 0.29) is 5.82 Å². The minimum Gasteiger partial charge on any atom is -0.313 e. The van der Waals surface area contributed by atoms with Crippen molar-refractivity contribution in [3.05, 3.63) is 58.9 Å². The molecule has 0 heterocycles. The molecule has 2 aromatic carbocycles. The topological polar surface area (TPSA) is 12.0 Å². The highest BCUT2D eigenvalue weighted by atomic mass is 35.5. The molecule has 0 spiro atoms. The third-order valence-corrected chi connectivity index (χ3v) is 4.18. The molecule has 19 heavy (non-hydrogen) atoms. The van der Waals surface area contributed by atoms with Gasteiger partial charge in [0.25, 0.3) is 0 Å². The molecule has 0 saturated carbocycles. The van der Waals surface area contributed by atoms with Gasteiger partial charge in [-0.15, -0.1) is 0 Å². The summed E-state index contributed by atoms with van der Waals surface area (Å²) in [6.07, 6.45) is 0. The molecule has 1 N–H and O–H groups in total. The summed E-state index contributed by atoms with van der Waals surface area (Å²) in [6.45, 7) is 3.77. The molecule has 1 nitrogen and oxygen atoms in total. The molecule has 0 unspecified atom stereocenters. The molecule has 0 saturated heterocycles. The van der Waals surface area contributed by atoms with E-state index in [9.17, 15) is 4.39 Å². The molecule has 0 fully saturated rings. The number of hydrogen-bond acceptors (Lipinski definition) is 2. The predicted octanol–water partition coefficient (Wildman–Crippen LogP) is 4.74. The van der Waals surface area contributed by atoms with Crippen LogP contribution in [0.2, 0.25) is 5.02 Å². The van der Waals surface area contributed by atoms with Crippen LogP contribution in [0.25, 0.3) is 0 Å². The van der Waals surface area contributed by atoms with Gasteiger partial charge in [0.1, 0.15) is 5.82 Å². The zero-order chi connectivity index (χ0) is 13.7. The van der Waals surface area contributed by atoms with Gasteiger partial charge in [0.2, 0.25) is 0 Å². The van der Waals surface area contributed by atoms with Crippen LogP contribution in [0.3, 0.4) is 0 Å².